The van der Waals surface area contributed by atoms with Crippen molar-refractivity contribution in [1.82, 2.24) is 0 Å². The van der Waals surface area contributed by atoms with E-state index in [1.807, 2.05) is 25.1 Å². The summed E-state index contributed by atoms with van der Waals surface area (Å²) < 4.78 is 0. The molecule has 1 aromatic carbocycles. The van der Waals surface area contributed by atoms with Gasteiger partial charge in [-0.15, -0.1) is 0 Å². The standard InChI is InChI=1S/C15H24N2O/c1-12-6-5-7-13(14(12)16)17-10-15(11-18)8-3-2-4-9-15/h5-7,17-18H,2-4,8-11,16H2,1H3. The Hall–Kier alpha value is -1.22. The molecule has 18 heavy (non-hydrogen) atoms. The molecule has 1 aliphatic carbocycles. The Morgan fingerprint density at radius 1 is 1.28 bits per heavy atom. The average molecular weight is 248 g/mol. The smallest absolute Gasteiger partial charge is 0.0579 e. The van der Waals surface area contributed by atoms with E-state index in [2.05, 4.69) is 5.32 Å². The van der Waals surface area contributed by atoms with Crippen LogP contribution in [0.25, 0.3) is 0 Å². The van der Waals surface area contributed by atoms with Crippen LogP contribution in [0, 0.1) is 12.3 Å². The van der Waals surface area contributed by atoms with Crippen LogP contribution >= 0.6 is 0 Å². The first-order chi connectivity index (χ1) is 8.67. The Bertz CT molecular complexity index is 397. The number of anilines is 2. The number of nitrogens with one attached hydrogen (secondary N) is 1. The highest BCUT2D eigenvalue weighted by molar-refractivity contribution is 5.69. The average Bonchev–Trinajstić information content (AvgIpc) is 2.41. The molecule has 0 unspecified atom stereocenters. The third kappa shape index (κ3) is 2.78. The summed E-state index contributed by atoms with van der Waals surface area (Å²) >= 11 is 0. The lowest BCUT2D eigenvalue weighted by atomic mass is 9.74. The molecule has 0 amide bonds. The van der Waals surface area contributed by atoms with Gasteiger partial charge in [-0.25, -0.2) is 0 Å². The molecule has 1 aromatic rings. The minimum atomic E-state index is 0.0500. The Balaban J connectivity index is 2.03. The van der Waals surface area contributed by atoms with E-state index < -0.39 is 0 Å². The van der Waals surface area contributed by atoms with Crippen molar-refractivity contribution in [2.24, 2.45) is 5.41 Å². The maximum absolute atomic E-state index is 9.67. The van der Waals surface area contributed by atoms with Gasteiger partial charge in [0.25, 0.3) is 0 Å². The van der Waals surface area contributed by atoms with Gasteiger partial charge in [0.05, 0.1) is 18.0 Å². The molecule has 0 bridgehead atoms. The summed E-state index contributed by atoms with van der Waals surface area (Å²) in [5.41, 5.74) is 9.02. The van der Waals surface area contributed by atoms with Crippen LogP contribution in [0.4, 0.5) is 11.4 Å². The summed E-state index contributed by atoms with van der Waals surface area (Å²) in [6.07, 6.45) is 5.98. The normalized spacial score (nSPS) is 18.6. The molecule has 4 N–H and O–H groups in total. The Morgan fingerprint density at radius 3 is 2.67 bits per heavy atom. The summed E-state index contributed by atoms with van der Waals surface area (Å²) in [6, 6.07) is 6.04. The molecule has 1 saturated carbocycles. The SMILES string of the molecule is Cc1cccc(NCC2(CO)CCCCC2)c1N. The fraction of sp³-hybridized carbons (Fsp3) is 0.600. The van der Waals surface area contributed by atoms with Crippen LogP contribution in [0.5, 0.6) is 0 Å². The van der Waals surface area contributed by atoms with Crippen LogP contribution in [-0.4, -0.2) is 18.3 Å². The van der Waals surface area contributed by atoms with E-state index in [0.29, 0.717) is 0 Å². The summed E-state index contributed by atoms with van der Waals surface area (Å²) in [5.74, 6) is 0. The molecule has 0 heterocycles. The van der Waals surface area contributed by atoms with Crippen molar-refractivity contribution in [2.45, 2.75) is 39.0 Å². The Labute approximate surface area is 109 Å². The maximum Gasteiger partial charge on any atom is 0.0579 e. The minimum Gasteiger partial charge on any atom is -0.397 e. The molecule has 1 fully saturated rings. The number of hydrogen-bond donors (Lipinski definition) is 3. The van der Waals surface area contributed by atoms with Gasteiger partial charge in [0.1, 0.15) is 0 Å². The van der Waals surface area contributed by atoms with E-state index in [0.717, 1.165) is 36.3 Å². The fourth-order valence-corrected chi connectivity index (χ4v) is 2.81. The monoisotopic (exact) mass is 248 g/mol. The lowest BCUT2D eigenvalue weighted by Gasteiger charge is -2.36. The molecule has 0 spiro atoms. The Morgan fingerprint density at radius 2 is 2.00 bits per heavy atom. The van der Waals surface area contributed by atoms with Crippen molar-refractivity contribution in [2.75, 3.05) is 24.2 Å². The van der Waals surface area contributed by atoms with Crippen LogP contribution in [-0.2, 0) is 0 Å². The van der Waals surface area contributed by atoms with E-state index in [1.165, 1.54) is 19.3 Å². The summed E-state index contributed by atoms with van der Waals surface area (Å²) in [7, 11) is 0. The van der Waals surface area contributed by atoms with Crippen molar-refractivity contribution >= 4 is 11.4 Å². The van der Waals surface area contributed by atoms with Crippen LogP contribution in [0.3, 0.4) is 0 Å². The second kappa shape index (κ2) is 5.61. The molecule has 2 rings (SSSR count). The first kappa shape index (κ1) is 13.2. The zero-order valence-corrected chi connectivity index (χ0v) is 11.2. The van der Waals surface area contributed by atoms with Crippen molar-refractivity contribution in [3.8, 4) is 0 Å². The zero-order chi connectivity index (χ0) is 13.0. The highest BCUT2D eigenvalue weighted by atomic mass is 16.3. The molecule has 0 aliphatic heterocycles. The summed E-state index contributed by atoms with van der Waals surface area (Å²) in [4.78, 5) is 0. The van der Waals surface area contributed by atoms with Crippen LogP contribution < -0.4 is 11.1 Å². The van der Waals surface area contributed by atoms with E-state index in [9.17, 15) is 5.11 Å². The molecule has 0 aromatic heterocycles. The molecule has 0 radical (unpaired) electrons. The number of benzene rings is 1. The number of nitrogens with two attached hydrogens (primary N) is 1. The lowest BCUT2D eigenvalue weighted by molar-refractivity contribution is 0.0944. The van der Waals surface area contributed by atoms with Gasteiger partial charge >= 0.3 is 0 Å². The molecular weight excluding hydrogens is 224 g/mol. The van der Waals surface area contributed by atoms with Crippen LogP contribution in [0.2, 0.25) is 0 Å². The third-order valence-electron chi connectivity index (χ3n) is 4.23. The number of rotatable bonds is 4. The predicted molar refractivity (Wildman–Crippen MR) is 76.7 cm³/mol. The number of hydrogen-bond acceptors (Lipinski definition) is 3. The first-order valence-corrected chi connectivity index (χ1v) is 6.87. The Kier molecular flexibility index (Phi) is 4.12. The van der Waals surface area contributed by atoms with Gasteiger partial charge in [0.15, 0.2) is 0 Å². The van der Waals surface area contributed by atoms with Crippen LogP contribution in [0.15, 0.2) is 18.2 Å². The van der Waals surface area contributed by atoms with E-state index >= 15 is 0 Å². The van der Waals surface area contributed by atoms with Gasteiger partial charge in [-0.2, -0.15) is 0 Å². The molecule has 0 saturated heterocycles. The largest absolute Gasteiger partial charge is 0.397 e. The van der Waals surface area contributed by atoms with Crippen molar-refractivity contribution in [3.63, 3.8) is 0 Å². The summed E-state index contributed by atoms with van der Waals surface area (Å²) in [5, 5.41) is 13.1. The van der Waals surface area contributed by atoms with Crippen molar-refractivity contribution in [3.05, 3.63) is 23.8 Å². The van der Waals surface area contributed by atoms with Crippen molar-refractivity contribution in [1.29, 1.82) is 0 Å². The number of aliphatic hydroxyl groups excluding tert-OH is 1. The van der Waals surface area contributed by atoms with E-state index in [4.69, 9.17) is 5.73 Å². The third-order valence-corrected chi connectivity index (χ3v) is 4.23. The highest BCUT2D eigenvalue weighted by Crippen LogP contribution is 2.36. The topological polar surface area (TPSA) is 58.3 Å². The fourth-order valence-electron chi connectivity index (χ4n) is 2.81. The van der Waals surface area contributed by atoms with Gasteiger partial charge in [-0.05, 0) is 31.4 Å². The second-order valence-electron chi connectivity index (χ2n) is 5.61. The van der Waals surface area contributed by atoms with Gasteiger partial charge in [-0.1, -0.05) is 31.4 Å². The predicted octanol–water partition coefficient (Wildman–Crippen LogP) is 2.93. The van der Waals surface area contributed by atoms with Gasteiger partial charge in [-0.3, -0.25) is 0 Å². The highest BCUT2D eigenvalue weighted by Gasteiger charge is 2.31. The lowest BCUT2D eigenvalue weighted by Crippen LogP contribution is -2.35. The van der Waals surface area contributed by atoms with E-state index in [1.54, 1.807) is 0 Å². The molecule has 3 nitrogen and oxygen atoms in total. The zero-order valence-electron chi connectivity index (χ0n) is 11.2. The summed E-state index contributed by atoms with van der Waals surface area (Å²) in [6.45, 7) is 3.10. The molecule has 100 valence electrons. The molecule has 3 heteroatoms. The van der Waals surface area contributed by atoms with Gasteiger partial charge in [0.2, 0.25) is 0 Å². The maximum atomic E-state index is 9.67. The number of aliphatic hydroxyl groups is 1. The number of para-hydroxylation sites is 1. The minimum absolute atomic E-state index is 0.0500. The molecule has 1 aliphatic rings. The quantitative estimate of drug-likeness (QED) is 0.718. The molecular formula is C15H24N2O. The number of nitrogen functional groups attached to an aromatic ring is 1. The van der Waals surface area contributed by atoms with Crippen molar-refractivity contribution < 1.29 is 5.11 Å². The van der Waals surface area contributed by atoms with E-state index in [-0.39, 0.29) is 12.0 Å². The number of aryl methyl sites for hydroxylation is 1. The van der Waals surface area contributed by atoms with Gasteiger partial charge in [0, 0.05) is 12.0 Å². The van der Waals surface area contributed by atoms with Gasteiger partial charge < -0.3 is 16.2 Å². The molecule has 0 atom stereocenters. The second-order valence-corrected chi connectivity index (χ2v) is 5.61. The van der Waals surface area contributed by atoms with Crippen LogP contribution in [0.1, 0.15) is 37.7 Å². The first-order valence-electron chi connectivity index (χ1n) is 6.87.